The van der Waals surface area contributed by atoms with Gasteiger partial charge < -0.3 is 10.4 Å². The van der Waals surface area contributed by atoms with Crippen LogP contribution in [0, 0.1) is 0 Å². The first-order valence-electron chi connectivity index (χ1n) is 7.22. The average molecular weight is 303 g/mol. The minimum Gasteiger partial charge on any atom is -0.480 e. The van der Waals surface area contributed by atoms with Crippen LogP contribution in [0.4, 0.5) is 11.4 Å². The summed E-state index contributed by atoms with van der Waals surface area (Å²) in [5, 5.41) is 11.9. The van der Waals surface area contributed by atoms with Crippen LogP contribution in [0.1, 0.15) is 12.8 Å². The van der Waals surface area contributed by atoms with Gasteiger partial charge in [0, 0.05) is 0 Å². The summed E-state index contributed by atoms with van der Waals surface area (Å²) in [4.78, 5) is 38.6. The third-order valence-electron chi connectivity index (χ3n) is 4.06. The van der Waals surface area contributed by atoms with Crippen molar-refractivity contribution in [3.63, 3.8) is 0 Å². The summed E-state index contributed by atoms with van der Waals surface area (Å²) in [6.07, 6.45) is 1.32. The van der Waals surface area contributed by atoms with Crippen LogP contribution in [0.5, 0.6) is 0 Å². The number of nitrogens with one attached hydrogen (secondary N) is 1. The molecule has 7 heteroatoms. The third-order valence-corrected chi connectivity index (χ3v) is 4.06. The summed E-state index contributed by atoms with van der Waals surface area (Å²) < 4.78 is 0. The minimum atomic E-state index is -0.901. The van der Waals surface area contributed by atoms with E-state index in [4.69, 9.17) is 0 Å². The molecule has 2 aliphatic rings. The Kier molecular flexibility index (Phi) is 3.81. The standard InChI is InChI=1S/C15H17N3O4/c19-13-8-18(11-5-2-1-4-10(11)16-13)14(20)9-17-7-3-6-12(17)15(21)22/h1-2,4-5,12H,3,6-9H2,(H,16,19)(H,21,22)/t12-/m0/s1. The van der Waals surface area contributed by atoms with Crippen LogP contribution >= 0.6 is 0 Å². The summed E-state index contributed by atoms with van der Waals surface area (Å²) in [5.41, 5.74) is 1.25. The van der Waals surface area contributed by atoms with Gasteiger partial charge in [0.2, 0.25) is 11.8 Å². The molecule has 1 fully saturated rings. The second-order valence-corrected chi connectivity index (χ2v) is 5.51. The molecule has 116 valence electrons. The Labute approximate surface area is 127 Å². The molecule has 0 bridgehead atoms. The number of carboxylic acids is 1. The quantitative estimate of drug-likeness (QED) is 0.849. The topological polar surface area (TPSA) is 90.0 Å². The monoisotopic (exact) mass is 303 g/mol. The van der Waals surface area contributed by atoms with Crippen molar-refractivity contribution in [3.05, 3.63) is 24.3 Å². The number of anilines is 2. The van der Waals surface area contributed by atoms with Crippen LogP contribution in [0.2, 0.25) is 0 Å². The van der Waals surface area contributed by atoms with Gasteiger partial charge in [-0.25, -0.2) is 0 Å². The number of carboxylic acid groups (broad SMARTS) is 1. The maximum Gasteiger partial charge on any atom is 0.320 e. The highest BCUT2D eigenvalue weighted by Crippen LogP contribution is 2.29. The number of amides is 2. The second-order valence-electron chi connectivity index (χ2n) is 5.51. The lowest BCUT2D eigenvalue weighted by molar-refractivity contribution is -0.142. The van der Waals surface area contributed by atoms with Crippen molar-refractivity contribution in [2.75, 3.05) is 29.9 Å². The summed E-state index contributed by atoms with van der Waals surface area (Å²) in [6.45, 7) is 0.560. The number of para-hydroxylation sites is 2. The van der Waals surface area contributed by atoms with Gasteiger partial charge in [0.25, 0.3) is 0 Å². The van der Waals surface area contributed by atoms with Crippen molar-refractivity contribution in [3.8, 4) is 0 Å². The van der Waals surface area contributed by atoms with Gasteiger partial charge in [-0.2, -0.15) is 0 Å². The number of benzene rings is 1. The van der Waals surface area contributed by atoms with E-state index in [2.05, 4.69) is 5.32 Å². The molecule has 1 saturated heterocycles. The zero-order valence-corrected chi connectivity index (χ0v) is 12.0. The van der Waals surface area contributed by atoms with Crippen molar-refractivity contribution >= 4 is 29.2 Å². The van der Waals surface area contributed by atoms with Crippen molar-refractivity contribution in [1.82, 2.24) is 4.90 Å². The van der Waals surface area contributed by atoms with Crippen molar-refractivity contribution in [2.45, 2.75) is 18.9 Å². The normalized spacial score (nSPS) is 21.4. The smallest absolute Gasteiger partial charge is 0.320 e. The molecule has 3 rings (SSSR count). The summed E-state index contributed by atoms with van der Waals surface area (Å²) >= 11 is 0. The van der Waals surface area contributed by atoms with Gasteiger partial charge in [0.05, 0.1) is 17.9 Å². The molecular weight excluding hydrogens is 286 g/mol. The molecule has 0 aromatic heterocycles. The first-order chi connectivity index (χ1) is 10.6. The molecule has 1 atom stereocenters. The third kappa shape index (κ3) is 2.67. The van der Waals surface area contributed by atoms with Gasteiger partial charge in [0.15, 0.2) is 0 Å². The maximum atomic E-state index is 12.5. The molecule has 2 N–H and O–H groups in total. The minimum absolute atomic E-state index is 0.0125. The Bertz CT molecular complexity index is 631. The lowest BCUT2D eigenvalue weighted by Gasteiger charge is -2.31. The fraction of sp³-hybridized carbons (Fsp3) is 0.400. The molecule has 7 nitrogen and oxygen atoms in total. The number of rotatable bonds is 3. The van der Waals surface area contributed by atoms with Crippen molar-refractivity contribution in [1.29, 1.82) is 0 Å². The Morgan fingerprint density at radius 2 is 2.09 bits per heavy atom. The van der Waals surface area contributed by atoms with Gasteiger partial charge in [-0.05, 0) is 31.5 Å². The molecule has 1 aromatic carbocycles. The number of carbonyl (C=O) groups is 3. The van der Waals surface area contributed by atoms with E-state index in [1.165, 1.54) is 4.90 Å². The Morgan fingerprint density at radius 3 is 2.86 bits per heavy atom. The molecule has 0 radical (unpaired) electrons. The number of nitrogens with zero attached hydrogens (tertiary/aromatic N) is 2. The van der Waals surface area contributed by atoms with E-state index in [1.807, 2.05) is 0 Å². The molecule has 2 heterocycles. The molecular formula is C15H17N3O4. The zero-order chi connectivity index (χ0) is 15.7. The number of carbonyl (C=O) groups excluding carboxylic acids is 2. The van der Waals surface area contributed by atoms with Gasteiger partial charge in [-0.3, -0.25) is 24.2 Å². The van der Waals surface area contributed by atoms with Crippen LogP contribution < -0.4 is 10.2 Å². The molecule has 0 unspecified atom stereocenters. The predicted molar refractivity (Wildman–Crippen MR) is 79.7 cm³/mol. The highest BCUT2D eigenvalue weighted by molar-refractivity contribution is 6.10. The first kappa shape index (κ1) is 14.5. The fourth-order valence-corrected chi connectivity index (χ4v) is 3.01. The van der Waals surface area contributed by atoms with E-state index in [9.17, 15) is 19.5 Å². The summed E-state index contributed by atoms with van der Waals surface area (Å²) in [6, 6.07) is 6.48. The number of hydrogen-bond acceptors (Lipinski definition) is 4. The molecule has 1 aromatic rings. The van der Waals surface area contributed by atoms with E-state index < -0.39 is 12.0 Å². The average Bonchev–Trinajstić information content (AvgIpc) is 2.94. The lowest BCUT2D eigenvalue weighted by Crippen LogP contribution is -2.48. The Morgan fingerprint density at radius 1 is 1.32 bits per heavy atom. The van der Waals surface area contributed by atoms with Crippen LogP contribution in [-0.4, -0.2) is 53.5 Å². The zero-order valence-electron chi connectivity index (χ0n) is 12.0. The van der Waals surface area contributed by atoms with E-state index >= 15 is 0 Å². The maximum absolute atomic E-state index is 12.5. The van der Waals surface area contributed by atoms with Crippen LogP contribution in [0.3, 0.4) is 0 Å². The summed E-state index contributed by atoms with van der Waals surface area (Å²) in [5.74, 6) is -1.40. The predicted octanol–water partition coefficient (Wildman–Crippen LogP) is 0.521. The van der Waals surface area contributed by atoms with Crippen molar-refractivity contribution in [2.24, 2.45) is 0 Å². The van der Waals surface area contributed by atoms with E-state index in [0.717, 1.165) is 6.42 Å². The Balaban J connectivity index is 1.78. The van der Waals surface area contributed by atoms with Gasteiger partial charge >= 0.3 is 5.97 Å². The summed E-state index contributed by atoms with van der Waals surface area (Å²) in [7, 11) is 0. The fourth-order valence-electron chi connectivity index (χ4n) is 3.01. The largest absolute Gasteiger partial charge is 0.480 e. The number of likely N-dealkylation sites (tertiary alicyclic amines) is 1. The molecule has 2 amide bonds. The number of fused-ring (bicyclic) bond motifs is 1. The molecule has 0 saturated carbocycles. The first-order valence-corrected chi connectivity index (χ1v) is 7.22. The molecule has 2 aliphatic heterocycles. The van der Waals surface area contributed by atoms with Gasteiger partial charge in [-0.1, -0.05) is 12.1 Å². The van der Waals surface area contributed by atoms with Crippen molar-refractivity contribution < 1.29 is 19.5 Å². The van der Waals surface area contributed by atoms with E-state index in [-0.39, 0.29) is 24.9 Å². The SMILES string of the molecule is O=C1CN(C(=O)CN2CCC[C@H]2C(=O)O)c2ccccc2N1. The highest BCUT2D eigenvalue weighted by atomic mass is 16.4. The molecule has 0 spiro atoms. The highest BCUT2D eigenvalue weighted by Gasteiger charge is 2.34. The number of aliphatic carboxylic acids is 1. The van der Waals surface area contributed by atoms with Gasteiger partial charge in [-0.15, -0.1) is 0 Å². The van der Waals surface area contributed by atoms with Gasteiger partial charge in [0.1, 0.15) is 12.6 Å². The van der Waals surface area contributed by atoms with Crippen LogP contribution in [-0.2, 0) is 14.4 Å². The Hall–Kier alpha value is -2.41. The lowest BCUT2D eigenvalue weighted by atomic mass is 10.2. The van der Waals surface area contributed by atoms with Crippen LogP contribution in [0.15, 0.2) is 24.3 Å². The second kappa shape index (κ2) is 5.76. The molecule has 0 aliphatic carbocycles. The number of hydrogen-bond donors (Lipinski definition) is 2. The van der Waals surface area contributed by atoms with E-state index in [0.29, 0.717) is 24.3 Å². The van der Waals surface area contributed by atoms with Crippen LogP contribution in [0.25, 0.3) is 0 Å². The molecule has 22 heavy (non-hydrogen) atoms. The van der Waals surface area contributed by atoms with E-state index in [1.54, 1.807) is 29.2 Å².